The van der Waals surface area contributed by atoms with Gasteiger partial charge in [0.1, 0.15) is 11.3 Å². The summed E-state index contributed by atoms with van der Waals surface area (Å²) >= 11 is 3.33. The molecule has 0 bridgehead atoms. The lowest BCUT2D eigenvalue weighted by Gasteiger charge is -2.12. The molecule has 0 heterocycles. The second-order valence-electron chi connectivity index (χ2n) is 6.83. The molecule has 0 atom stereocenters. The number of benzene rings is 3. The smallest absolute Gasteiger partial charge is 0.342 e. The van der Waals surface area contributed by atoms with E-state index >= 15 is 0 Å². The first-order valence-electron chi connectivity index (χ1n) is 9.71. The second-order valence-corrected chi connectivity index (χ2v) is 7.75. The number of aryl methyl sites for hydroxylation is 1. The third-order valence-electron chi connectivity index (χ3n) is 4.26. The van der Waals surface area contributed by atoms with Crippen molar-refractivity contribution in [1.82, 2.24) is 0 Å². The highest BCUT2D eigenvalue weighted by Gasteiger charge is 2.16. The summed E-state index contributed by atoms with van der Waals surface area (Å²) in [7, 11) is 0. The van der Waals surface area contributed by atoms with Crippen LogP contribution in [-0.2, 0) is 14.3 Å². The molecule has 3 aromatic rings. The van der Waals surface area contributed by atoms with E-state index in [1.165, 1.54) is 6.07 Å². The average molecular weight is 497 g/mol. The van der Waals surface area contributed by atoms with E-state index in [-0.39, 0.29) is 23.8 Å². The van der Waals surface area contributed by atoms with E-state index in [0.717, 1.165) is 10.0 Å². The number of anilines is 2. The highest BCUT2D eigenvalue weighted by molar-refractivity contribution is 9.10. The number of hydrogen-bond donors (Lipinski definition) is 2. The monoisotopic (exact) mass is 496 g/mol. The summed E-state index contributed by atoms with van der Waals surface area (Å²) in [5.41, 5.74) is 2.41. The number of amides is 2. The average Bonchev–Trinajstić information content (AvgIpc) is 2.79. The third-order valence-corrected chi connectivity index (χ3v) is 4.79. The van der Waals surface area contributed by atoms with E-state index < -0.39 is 18.5 Å². The highest BCUT2D eigenvalue weighted by atomic mass is 79.9. The van der Waals surface area contributed by atoms with Gasteiger partial charge in [0.25, 0.3) is 11.8 Å². The first-order chi connectivity index (χ1) is 15.4. The molecule has 0 aromatic heterocycles. The number of nitrogens with one attached hydrogen (secondary N) is 2. The van der Waals surface area contributed by atoms with Crippen LogP contribution < -0.4 is 15.4 Å². The van der Waals surface area contributed by atoms with E-state index in [2.05, 4.69) is 26.6 Å². The first-order valence-corrected chi connectivity index (χ1v) is 10.5. The van der Waals surface area contributed by atoms with Crippen molar-refractivity contribution in [2.45, 2.75) is 6.92 Å². The SMILES string of the molecule is Cc1ccc(NC(=O)COC(=O)c2ccccc2OCC(=O)Nc2ccc(Br)cc2)cc1. The molecule has 0 unspecified atom stereocenters. The lowest BCUT2D eigenvalue weighted by atomic mass is 10.2. The fourth-order valence-corrected chi connectivity index (χ4v) is 2.94. The standard InChI is InChI=1S/C24H21BrN2O5/c1-16-6-10-18(11-7-16)26-23(29)15-32-24(30)20-4-2-3-5-21(20)31-14-22(28)27-19-12-8-17(25)9-13-19/h2-13H,14-15H2,1H3,(H,26,29)(H,27,28). The van der Waals surface area contributed by atoms with Gasteiger partial charge in [0, 0.05) is 15.8 Å². The van der Waals surface area contributed by atoms with Crippen LogP contribution in [0.1, 0.15) is 15.9 Å². The van der Waals surface area contributed by atoms with Crippen LogP contribution in [0.25, 0.3) is 0 Å². The molecule has 0 spiro atoms. The lowest BCUT2D eigenvalue weighted by Crippen LogP contribution is -2.22. The van der Waals surface area contributed by atoms with Gasteiger partial charge in [-0.3, -0.25) is 9.59 Å². The van der Waals surface area contributed by atoms with Gasteiger partial charge in [-0.2, -0.15) is 0 Å². The maximum Gasteiger partial charge on any atom is 0.342 e. The molecule has 0 radical (unpaired) electrons. The zero-order valence-corrected chi connectivity index (χ0v) is 18.8. The van der Waals surface area contributed by atoms with Gasteiger partial charge in [-0.1, -0.05) is 45.8 Å². The maximum atomic E-state index is 12.4. The first kappa shape index (κ1) is 23.0. The molecular weight excluding hydrogens is 476 g/mol. The van der Waals surface area contributed by atoms with Gasteiger partial charge in [0.2, 0.25) is 0 Å². The highest BCUT2D eigenvalue weighted by Crippen LogP contribution is 2.19. The molecule has 3 rings (SSSR count). The van der Waals surface area contributed by atoms with Crippen molar-refractivity contribution in [3.8, 4) is 5.75 Å². The molecule has 0 saturated carbocycles. The van der Waals surface area contributed by atoms with Crippen LogP contribution in [0.3, 0.4) is 0 Å². The van der Waals surface area contributed by atoms with Gasteiger partial charge < -0.3 is 20.1 Å². The number of halogens is 1. The Hall–Kier alpha value is -3.65. The van der Waals surface area contributed by atoms with E-state index in [1.807, 2.05) is 19.1 Å². The third kappa shape index (κ3) is 6.95. The quantitative estimate of drug-likeness (QED) is 0.445. The normalized spacial score (nSPS) is 10.2. The van der Waals surface area contributed by atoms with Gasteiger partial charge in [0.05, 0.1) is 0 Å². The van der Waals surface area contributed by atoms with Crippen molar-refractivity contribution < 1.29 is 23.9 Å². The zero-order chi connectivity index (χ0) is 22.9. The molecule has 0 aliphatic carbocycles. The predicted octanol–water partition coefficient (Wildman–Crippen LogP) is 4.57. The summed E-state index contributed by atoms with van der Waals surface area (Å²) in [6.07, 6.45) is 0. The van der Waals surface area contributed by atoms with Gasteiger partial charge in [-0.15, -0.1) is 0 Å². The molecule has 3 aromatic carbocycles. The minimum Gasteiger partial charge on any atom is -0.483 e. The van der Waals surface area contributed by atoms with Crippen molar-refractivity contribution in [2.24, 2.45) is 0 Å². The van der Waals surface area contributed by atoms with E-state index in [9.17, 15) is 14.4 Å². The Bertz CT molecular complexity index is 1100. The number of ether oxygens (including phenoxy) is 2. The Kier molecular flexibility index (Phi) is 7.99. The fourth-order valence-electron chi connectivity index (χ4n) is 2.68. The van der Waals surface area contributed by atoms with Crippen LogP contribution in [0.4, 0.5) is 11.4 Å². The van der Waals surface area contributed by atoms with Crippen molar-refractivity contribution >= 4 is 45.1 Å². The topological polar surface area (TPSA) is 93.7 Å². The maximum absolute atomic E-state index is 12.4. The van der Waals surface area contributed by atoms with Gasteiger partial charge in [-0.05, 0) is 55.5 Å². The Morgan fingerprint density at radius 2 is 1.34 bits per heavy atom. The zero-order valence-electron chi connectivity index (χ0n) is 17.3. The predicted molar refractivity (Wildman–Crippen MR) is 125 cm³/mol. The number of hydrogen-bond acceptors (Lipinski definition) is 5. The molecule has 32 heavy (non-hydrogen) atoms. The molecular formula is C24H21BrN2O5. The van der Waals surface area contributed by atoms with Crippen molar-refractivity contribution in [3.63, 3.8) is 0 Å². The van der Waals surface area contributed by atoms with Crippen LogP contribution in [0.2, 0.25) is 0 Å². The molecule has 7 nitrogen and oxygen atoms in total. The van der Waals surface area contributed by atoms with Crippen LogP contribution in [0, 0.1) is 6.92 Å². The van der Waals surface area contributed by atoms with Crippen LogP contribution in [0.5, 0.6) is 5.75 Å². The molecule has 0 aliphatic rings. The van der Waals surface area contributed by atoms with Gasteiger partial charge in [0.15, 0.2) is 13.2 Å². The van der Waals surface area contributed by atoms with Crippen LogP contribution in [0.15, 0.2) is 77.3 Å². The van der Waals surface area contributed by atoms with E-state index in [1.54, 1.807) is 54.6 Å². The van der Waals surface area contributed by atoms with E-state index in [0.29, 0.717) is 11.4 Å². The summed E-state index contributed by atoms with van der Waals surface area (Å²) in [5, 5.41) is 5.35. The summed E-state index contributed by atoms with van der Waals surface area (Å²) in [6.45, 7) is 1.19. The molecule has 0 aliphatic heterocycles. The lowest BCUT2D eigenvalue weighted by molar-refractivity contribution is -0.119. The summed E-state index contributed by atoms with van der Waals surface area (Å²) in [5.74, 6) is -1.39. The molecule has 0 fully saturated rings. The number of rotatable bonds is 8. The second kappa shape index (κ2) is 11.1. The fraction of sp³-hybridized carbons (Fsp3) is 0.125. The van der Waals surface area contributed by atoms with E-state index in [4.69, 9.17) is 9.47 Å². The summed E-state index contributed by atoms with van der Waals surface area (Å²) < 4.78 is 11.5. The van der Waals surface area contributed by atoms with Crippen LogP contribution >= 0.6 is 15.9 Å². The number of esters is 1. The molecule has 2 amide bonds. The Labute approximate surface area is 193 Å². The number of carbonyl (C=O) groups is 3. The number of carbonyl (C=O) groups excluding carboxylic acids is 3. The molecule has 0 saturated heterocycles. The Morgan fingerprint density at radius 1 is 0.781 bits per heavy atom. The molecule has 8 heteroatoms. The van der Waals surface area contributed by atoms with Crippen molar-refractivity contribution in [1.29, 1.82) is 0 Å². The van der Waals surface area contributed by atoms with Crippen molar-refractivity contribution in [2.75, 3.05) is 23.8 Å². The minimum absolute atomic E-state index is 0.118. The molecule has 2 N–H and O–H groups in total. The Morgan fingerprint density at radius 3 is 2.00 bits per heavy atom. The van der Waals surface area contributed by atoms with Crippen molar-refractivity contribution in [3.05, 3.63) is 88.4 Å². The Balaban J connectivity index is 1.52. The minimum atomic E-state index is -0.729. The molecule has 164 valence electrons. The number of para-hydroxylation sites is 1. The van der Waals surface area contributed by atoms with Crippen LogP contribution in [-0.4, -0.2) is 31.0 Å². The largest absolute Gasteiger partial charge is 0.483 e. The summed E-state index contributed by atoms with van der Waals surface area (Å²) in [4.78, 5) is 36.6. The summed E-state index contributed by atoms with van der Waals surface area (Å²) in [6, 6.07) is 20.7. The van der Waals surface area contributed by atoms with Gasteiger partial charge in [-0.25, -0.2) is 4.79 Å². The van der Waals surface area contributed by atoms with Gasteiger partial charge >= 0.3 is 5.97 Å².